The largest absolute Gasteiger partial charge is 0.384 e. The van der Waals surface area contributed by atoms with Crippen molar-refractivity contribution in [3.8, 4) is 0 Å². The molecule has 0 aromatic heterocycles. The van der Waals surface area contributed by atoms with Gasteiger partial charge in [0.15, 0.2) is 0 Å². The molecule has 2 rings (SSSR count). The normalized spacial score (nSPS) is 10.4. The van der Waals surface area contributed by atoms with Gasteiger partial charge >= 0.3 is 0 Å². The highest BCUT2D eigenvalue weighted by Crippen LogP contribution is 2.25. The lowest BCUT2D eigenvalue weighted by atomic mass is 10.1. The summed E-state index contributed by atoms with van der Waals surface area (Å²) in [4.78, 5) is 0. The van der Waals surface area contributed by atoms with Crippen molar-refractivity contribution in [2.45, 2.75) is 26.2 Å². The molecule has 0 aliphatic heterocycles. The Hall–Kier alpha value is -1.47. The first-order valence-electron chi connectivity index (χ1n) is 6.80. The Morgan fingerprint density at radius 2 is 1.74 bits per heavy atom. The maximum atomic E-state index is 6.18. The summed E-state index contributed by atoms with van der Waals surface area (Å²) in [6.07, 6.45) is 3.49. The molecule has 0 bridgehead atoms. The predicted octanol–water partition coefficient (Wildman–Crippen LogP) is 5.08. The molecule has 2 aromatic rings. The zero-order valence-electron chi connectivity index (χ0n) is 11.3. The van der Waals surface area contributed by atoms with E-state index in [9.17, 15) is 0 Å². The van der Waals surface area contributed by atoms with Crippen LogP contribution in [0.3, 0.4) is 0 Å². The van der Waals surface area contributed by atoms with Gasteiger partial charge in [0.25, 0.3) is 0 Å². The summed E-state index contributed by atoms with van der Waals surface area (Å²) in [5.41, 5.74) is 3.69. The van der Waals surface area contributed by atoms with Crippen LogP contribution in [0.1, 0.15) is 24.0 Å². The molecule has 0 atom stereocenters. The SMILES string of the molecule is Cc1cccc(Cl)c1NCCCCc1ccccc1. The Bertz CT molecular complexity index is 488. The van der Waals surface area contributed by atoms with E-state index in [1.807, 2.05) is 12.1 Å². The van der Waals surface area contributed by atoms with E-state index in [4.69, 9.17) is 11.6 Å². The van der Waals surface area contributed by atoms with Crippen LogP contribution in [0.25, 0.3) is 0 Å². The van der Waals surface area contributed by atoms with Gasteiger partial charge in [-0.05, 0) is 43.4 Å². The van der Waals surface area contributed by atoms with Crippen LogP contribution in [0, 0.1) is 6.92 Å². The molecule has 1 N–H and O–H groups in total. The van der Waals surface area contributed by atoms with Gasteiger partial charge in [-0.3, -0.25) is 0 Å². The maximum absolute atomic E-state index is 6.18. The zero-order chi connectivity index (χ0) is 13.5. The van der Waals surface area contributed by atoms with Gasteiger partial charge in [0.2, 0.25) is 0 Å². The second-order valence-electron chi connectivity index (χ2n) is 4.80. The number of hydrogen-bond acceptors (Lipinski definition) is 1. The average molecular weight is 274 g/mol. The summed E-state index contributed by atoms with van der Waals surface area (Å²) >= 11 is 6.18. The minimum absolute atomic E-state index is 0.808. The predicted molar refractivity (Wildman–Crippen MR) is 84.1 cm³/mol. The molecular formula is C17H20ClN. The number of halogens is 1. The fraction of sp³-hybridized carbons (Fsp3) is 0.294. The molecule has 19 heavy (non-hydrogen) atoms. The van der Waals surface area contributed by atoms with Crippen LogP contribution in [0.5, 0.6) is 0 Å². The van der Waals surface area contributed by atoms with E-state index in [1.165, 1.54) is 17.5 Å². The fourth-order valence-corrected chi connectivity index (χ4v) is 2.46. The Labute approximate surface area is 120 Å². The third-order valence-electron chi connectivity index (χ3n) is 3.26. The van der Waals surface area contributed by atoms with E-state index in [1.54, 1.807) is 0 Å². The fourth-order valence-electron chi connectivity index (χ4n) is 2.17. The highest BCUT2D eigenvalue weighted by atomic mass is 35.5. The number of aryl methyl sites for hydroxylation is 2. The first kappa shape index (κ1) is 14.0. The van der Waals surface area contributed by atoms with Gasteiger partial charge in [-0.2, -0.15) is 0 Å². The monoisotopic (exact) mass is 273 g/mol. The van der Waals surface area contributed by atoms with Gasteiger partial charge in [-0.25, -0.2) is 0 Å². The standard InChI is InChI=1S/C17H20ClN/c1-14-8-7-12-16(18)17(14)19-13-6-5-11-15-9-3-2-4-10-15/h2-4,7-10,12,19H,5-6,11,13H2,1H3. The van der Waals surface area contributed by atoms with Crippen LogP contribution >= 0.6 is 11.6 Å². The van der Waals surface area contributed by atoms with Crippen LogP contribution in [0.2, 0.25) is 5.02 Å². The second kappa shape index (κ2) is 7.20. The lowest BCUT2D eigenvalue weighted by molar-refractivity contribution is 0.763. The third-order valence-corrected chi connectivity index (χ3v) is 3.57. The number of hydrogen-bond donors (Lipinski definition) is 1. The second-order valence-corrected chi connectivity index (χ2v) is 5.21. The molecule has 0 unspecified atom stereocenters. The molecule has 0 aliphatic rings. The zero-order valence-corrected chi connectivity index (χ0v) is 12.1. The third kappa shape index (κ3) is 4.29. The number of rotatable bonds is 6. The summed E-state index contributed by atoms with van der Waals surface area (Å²) in [6, 6.07) is 16.6. The van der Waals surface area contributed by atoms with E-state index in [2.05, 4.69) is 48.6 Å². The molecular weight excluding hydrogens is 254 g/mol. The minimum atomic E-state index is 0.808. The Morgan fingerprint density at radius 1 is 0.947 bits per heavy atom. The molecule has 1 nitrogen and oxygen atoms in total. The van der Waals surface area contributed by atoms with Crippen molar-refractivity contribution in [2.75, 3.05) is 11.9 Å². The summed E-state index contributed by atoms with van der Waals surface area (Å²) in [5, 5.41) is 4.24. The van der Waals surface area contributed by atoms with Crippen molar-refractivity contribution in [1.82, 2.24) is 0 Å². The van der Waals surface area contributed by atoms with Crippen LogP contribution < -0.4 is 5.32 Å². The van der Waals surface area contributed by atoms with Crippen molar-refractivity contribution < 1.29 is 0 Å². The molecule has 0 heterocycles. The lowest BCUT2D eigenvalue weighted by Crippen LogP contribution is -2.04. The minimum Gasteiger partial charge on any atom is -0.384 e. The average Bonchev–Trinajstić information content (AvgIpc) is 2.42. The molecule has 0 spiro atoms. The van der Waals surface area contributed by atoms with Crippen LogP contribution in [0.4, 0.5) is 5.69 Å². The molecule has 0 amide bonds. The molecule has 100 valence electrons. The first-order chi connectivity index (χ1) is 9.27. The van der Waals surface area contributed by atoms with Crippen LogP contribution in [0.15, 0.2) is 48.5 Å². The number of anilines is 1. The van der Waals surface area contributed by atoms with Crippen LogP contribution in [-0.4, -0.2) is 6.54 Å². The van der Waals surface area contributed by atoms with Gasteiger partial charge in [0.05, 0.1) is 10.7 Å². The molecule has 0 saturated heterocycles. The lowest BCUT2D eigenvalue weighted by Gasteiger charge is -2.11. The molecule has 2 heteroatoms. The van der Waals surface area contributed by atoms with E-state index in [-0.39, 0.29) is 0 Å². The summed E-state index contributed by atoms with van der Waals surface area (Å²) in [6.45, 7) is 3.05. The quantitative estimate of drug-likeness (QED) is 0.724. The smallest absolute Gasteiger partial charge is 0.0640 e. The van der Waals surface area contributed by atoms with Crippen molar-refractivity contribution in [2.24, 2.45) is 0 Å². The van der Waals surface area contributed by atoms with E-state index in [0.29, 0.717) is 0 Å². The van der Waals surface area contributed by atoms with Gasteiger partial charge in [-0.1, -0.05) is 54.1 Å². The van der Waals surface area contributed by atoms with Gasteiger partial charge in [0.1, 0.15) is 0 Å². The Morgan fingerprint density at radius 3 is 2.47 bits per heavy atom. The summed E-state index contributed by atoms with van der Waals surface area (Å²) < 4.78 is 0. The number of unbranched alkanes of at least 4 members (excludes halogenated alkanes) is 1. The van der Waals surface area contributed by atoms with Gasteiger partial charge < -0.3 is 5.32 Å². The van der Waals surface area contributed by atoms with Crippen molar-refractivity contribution in [3.63, 3.8) is 0 Å². The maximum Gasteiger partial charge on any atom is 0.0640 e. The topological polar surface area (TPSA) is 12.0 Å². The van der Waals surface area contributed by atoms with E-state index < -0.39 is 0 Å². The van der Waals surface area contributed by atoms with Gasteiger partial charge in [0, 0.05) is 6.54 Å². The first-order valence-corrected chi connectivity index (χ1v) is 7.18. The number of para-hydroxylation sites is 1. The summed E-state index contributed by atoms with van der Waals surface area (Å²) in [5.74, 6) is 0. The molecule has 0 fully saturated rings. The molecule has 0 aliphatic carbocycles. The molecule has 0 radical (unpaired) electrons. The Kier molecular flexibility index (Phi) is 5.29. The number of benzene rings is 2. The Balaban J connectivity index is 1.73. The van der Waals surface area contributed by atoms with Crippen molar-refractivity contribution in [3.05, 3.63) is 64.7 Å². The highest BCUT2D eigenvalue weighted by molar-refractivity contribution is 6.33. The van der Waals surface area contributed by atoms with Crippen LogP contribution in [-0.2, 0) is 6.42 Å². The molecule has 2 aromatic carbocycles. The highest BCUT2D eigenvalue weighted by Gasteiger charge is 2.02. The van der Waals surface area contributed by atoms with Crippen molar-refractivity contribution >= 4 is 17.3 Å². The van der Waals surface area contributed by atoms with Crippen molar-refractivity contribution in [1.29, 1.82) is 0 Å². The van der Waals surface area contributed by atoms with Gasteiger partial charge in [-0.15, -0.1) is 0 Å². The van der Waals surface area contributed by atoms with E-state index >= 15 is 0 Å². The van der Waals surface area contributed by atoms with E-state index in [0.717, 1.165) is 30.1 Å². The molecule has 0 saturated carbocycles. The number of nitrogens with one attached hydrogen (secondary N) is 1. The summed E-state index contributed by atoms with van der Waals surface area (Å²) in [7, 11) is 0.